The van der Waals surface area contributed by atoms with Gasteiger partial charge in [-0.1, -0.05) is 0 Å². The molecule has 8 heteroatoms. The molecule has 1 aromatic rings. The number of urea groups is 1. The van der Waals surface area contributed by atoms with Gasteiger partial charge in [0.05, 0.1) is 0 Å². The van der Waals surface area contributed by atoms with Gasteiger partial charge in [-0.15, -0.1) is 0 Å². The first-order valence-corrected chi connectivity index (χ1v) is 4.71. The predicted octanol–water partition coefficient (Wildman–Crippen LogP) is -0.819. The van der Waals surface area contributed by atoms with Crippen LogP contribution >= 0.6 is 0 Å². The number of anilines is 3. The van der Waals surface area contributed by atoms with Crippen LogP contribution in [-0.2, 0) is 0 Å². The lowest BCUT2D eigenvalue weighted by molar-refractivity contribution is 0.249. The molecule has 0 saturated heterocycles. The van der Waals surface area contributed by atoms with Crippen LogP contribution in [0.25, 0.3) is 0 Å². The molecule has 0 fully saturated rings. The number of hydrogen-bond acceptors (Lipinski definition) is 6. The number of hydrogen-bond donors (Lipinski definition) is 5. The van der Waals surface area contributed by atoms with Gasteiger partial charge >= 0.3 is 6.03 Å². The Labute approximate surface area is 92.8 Å². The number of nitrogens with one attached hydrogen (secondary N) is 3. The summed E-state index contributed by atoms with van der Waals surface area (Å²) >= 11 is 0. The third-order valence-electron chi connectivity index (χ3n) is 1.73. The highest BCUT2D eigenvalue weighted by atomic mass is 16.2. The standard InChI is InChI=1S/C8H15N7O/c1-11-5-4-6(15-7(9)14-5)12-2-3-13-8(10)16/h4H,2-3H2,1H3,(H3,10,13,16)(H4,9,11,12,14,15). The summed E-state index contributed by atoms with van der Waals surface area (Å²) in [6.07, 6.45) is 0. The minimum Gasteiger partial charge on any atom is -0.373 e. The Balaban J connectivity index is 2.47. The van der Waals surface area contributed by atoms with Crippen molar-refractivity contribution >= 4 is 23.6 Å². The summed E-state index contributed by atoms with van der Waals surface area (Å²) in [7, 11) is 1.74. The number of carbonyl (C=O) groups excluding carboxylic acids is 1. The van der Waals surface area contributed by atoms with Crippen LogP contribution in [0, 0.1) is 0 Å². The summed E-state index contributed by atoms with van der Waals surface area (Å²) in [5.41, 5.74) is 10.4. The van der Waals surface area contributed by atoms with E-state index >= 15 is 0 Å². The van der Waals surface area contributed by atoms with Gasteiger partial charge in [0.25, 0.3) is 0 Å². The molecule has 0 radical (unpaired) electrons. The SMILES string of the molecule is CNc1cc(NCCNC(N)=O)nc(N)n1. The van der Waals surface area contributed by atoms with Crippen LogP contribution in [0.3, 0.4) is 0 Å². The molecule has 0 bridgehead atoms. The van der Waals surface area contributed by atoms with E-state index in [1.165, 1.54) is 0 Å². The number of carbonyl (C=O) groups is 1. The number of amides is 2. The average Bonchev–Trinajstić information content (AvgIpc) is 2.23. The van der Waals surface area contributed by atoms with E-state index in [1.807, 2.05) is 0 Å². The molecule has 8 nitrogen and oxygen atoms in total. The second-order valence-corrected chi connectivity index (χ2v) is 2.96. The van der Waals surface area contributed by atoms with Crippen molar-refractivity contribution < 1.29 is 4.79 Å². The summed E-state index contributed by atoms with van der Waals surface area (Å²) in [6, 6.07) is 1.15. The van der Waals surface area contributed by atoms with Gasteiger partial charge in [0, 0.05) is 26.2 Å². The Morgan fingerprint density at radius 2 is 2.06 bits per heavy atom. The maximum absolute atomic E-state index is 10.4. The van der Waals surface area contributed by atoms with E-state index in [1.54, 1.807) is 13.1 Å². The van der Waals surface area contributed by atoms with E-state index in [9.17, 15) is 4.79 Å². The highest BCUT2D eigenvalue weighted by Gasteiger charge is 2.00. The number of nitrogens with two attached hydrogens (primary N) is 2. The van der Waals surface area contributed by atoms with E-state index in [2.05, 4.69) is 25.9 Å². The van der Waals surface area contributed by atoms with Crippen molar-refractivity contribution in [3.63, 3.8) is 0 Å². The molecule has 16 heavy (non-hydrogen) atoms. The van der Waals surface area contributed by atoms with Crippen molar-refractivity contribution in [2.24, 2.45) is 5.73 Å². The van der Waals surface area contributed by atoms with Gasteiger partial charge in [0.2, 0.25) is 5.95 Å². The summed E-state index contributed by atoms with van der Waals surface area (Å²) in [5.74, 6) is 1.39. The molecular formula is C8H15N7O. The Hall–Kier alpha value is -2.25. The van der Waals surface area contributed by atoms with Crippen molar-refractivity contribution in [1.82, 2.24) is 15.3 Å². The maximum atomic E-state index is 10.4. The zero-order chi connectivity index (χ0) is 12.0. The minimum atomic E-state index is -0.556. The van der Waals surface area contributed by atoms with Gasteiger partial charge in [0.1, 0.15) is 11.6 Å². The maximum Gasteiger partial charge on any atom is 0.312 e. The number of rotatable bonds is 5. The van der Waals surface area contributed by atoms with Gasteiger partial charge in [-0.2, -0.15) is 9.97 Å². The topological polar surface area (TPSA) is 131 Å². The largest absolute Gasteiger partial charge is 0.373 e. The molecule has 7 N–H and O–H groups in total. The quantitative estimate of drug-likeness (QED) is 0.416. The monoisotopic (exact) mass is 225 g/mol. The van der Waals surface area contributed by atoms with E-state index in [0.29, 0.717) is 24.7 Å². The molecule has 0 aliphatic rings. The molecule has 88 valence electrons. The first-order valence-electron chi connectivity index (χ1n) is 4.71. The van der Waals surface area contributed by atoms with Gasteiger partial charge in [0.15, 0.2) is 0 Å². The molecule has 2 amide bonds. The van der Waals surface area contributed by atoms with E-state index < -0.39 is 6.03 Å². The lowest BCUT2D eigenvalue weighted by atomic mass is 10.5. The van der Waals surface area contributed by atoms with Crippen LogP contribution in [0.4, 0.5) is 22.4 Å². The Kier molecular flexibility index (Phi) is 4.13. The summed E-state index contributed by atoms with van der Waals surface area (Å²) in [6.45, 7) is 0.913. The summed E-state index contributed by atoms with van der Waals surface area (Å²) < 4.78 is 0. The zero-order valence-corrected chi connectivity index (χ0v) is 8.95. The number of primary amides is 1. The van der Waals surface area contributed by atoms with Crippen molar-refractivity contribution in [3.05, 3.63) is 6.07 Å². The number of nitrogens with zero attached hydrogens (tertiary/aromatic N) is 2. The molecule has 1 rings (SSSR count). The van der Waals surface area contributed by atoms with Crippen LogP contribution in [0.2, 0.25) is 0 Å². The van der Waals surface area contributed by atoms with Crippen LogP contribution in [0.15, 0.2) is 6.07 Å². The molecule has 0 aromatic carbocycles. The van der Waals surface area contributed by atoms with Crippen molar-refractivity contribution in [1.29, 1.82) is 0 Å². The van der Waals surface area contributed by atoms with Crippen molar-refractivity contribution in [2.75, 3.05) is 36.5 Å². The molecule has 0 saturated carbocycles. The Morgan fingerprint density at radius 1 is 1.38 bits per heavy atom. The third kappa shape index (κ3) is 3.86. The van der Waals surface area contributed by atoms with Gasteiger partial charge in [-0.3, -0.25) is 0 Å². The van der Waals surface area contributed by atoms with Crippen molar-refractivity contribution in [3.8, 4) is 0 Å². The lowest BCUT2D eigenvalue weighted by Gasteiger charge is -2.08. The van der Waals surface area contributed by atoms with Gasteiger partial charge in [-0.05, 0) is 0 Å². The summed E-state index contributed by atoms with van der Waals surface area (Å²) in [5, 5.41) is 8.28. The highest BCUT2D eigenvalue weighted by molar-refractivity contribution is 5.71. The second kappa shape index (κ2) is 5.59. The lowest BCUT2D eigenvalue weighted by Crippen LogP contribution is -2.33. The molecule has 0 aliphatic heterocycles. The van der Waals surface area contributed by atoms with Crippen LogP contribution in [0.1, 0.15) is 0 Å². The van der Waals surface area contributed by atoms with E-state index in [0.717, 1.165) is 0 Å². The van der Waals surface area contributed by atoms with Crippen LogP contribution < -0.4 is 27.4 Å². The number of aromatic nitrogens is 2. The smallest absolute Gasteiger partial charge is 0.312 e. The highest BCUT2D eigenvalue weighted by Crippen LogP contribution is 2.10. The molecule has 0 atom stereocenters. The molecule has 1 aromatic heterocycles. The van der Waals surface area contributed by atoms with E-state index in [4.69, 9.17) is 11.5 Å². The summed E-state index contributed by atoms with van der Waals surface area (Å²) in [4.78, 5) is 18.3. The number of nitrogen functional groups attached to an aromatic ring is 1. The molecular weight excluding hydrogens is 210 g/mol. The average molecular weight is 225 g/mol. The first-order chi connectivity index (χ1) is 7.61. The van der Waals surface area contributed by atoms with Gasteiger partial charge in [-0.25, -0.2) is 4.79 Å². The molecule has 0 aliphatic carbocycles. The third-order valence-corrected chi connectivity index (χ3v) is 1.73. The zero-order valence-electron chi connectivity index (χ0n) is 8.95. The predicted molar refractivity (Wildman–Crippen MR) is 62.1 cm³/mol. The van der Waals surface area contributed by atoms with E-state index in [-0.39, 0.29) is 5.95 Å². The first kappa shape index (κ1) is 11.8. The fourth-order valence-corrected chi connectivity index (χ4v) is 1.06. The Bertz CT molecular complexity index is 367. The normalized spacial score (nSPS) is 9.56. The fraction of sp³-hybridized carbons (Fsp3) is 0.375. The fourth-order valence-electron chi connectivity index (χ4n) is 1.06. The molecule has 0 unspecified atom stereocenters. The molecule has 0 spiro atoms. The van der Waals surface area contributed by atoms with Crippen LogP contribution in [0.5, 0.6) is 0 Å². The van der Waals surface area contributed by atoms with Crippen LogP contribution in [-0.4, -0.2) is 36.1 Å². The minimum absolute atomic E-state index is 0.178. The van der Waals surface area contributed by atoms with Gasteiger partial charge < -0.3 is 27.4 Å². The second-order valence-electron chi connectivity index (χ2n) is 2.96. The molecule has 1 heterocycles. The van der Waals surface area contributed by atoms with Crippen molar-refractivity contribution in [2.45, 2.75) is 0 Å². The Morgan fingerprint density at radius 3 is 2.69 bits per heavy atom.